The zero-order valence-corrected chi connectivity index (χ0v) is 13.3. The summed E-state index contributed by atoms with van der Waals surface area (Å²) in [7, 11) is 3.83. The standard InChI is InChI=1S/C15H22BrNO2/c1-17(7-8-19-11-12-3-4-12)10-13-9-14(16)5-6-15(13)18-2/h5-6,9,12H,3-4,7-8,10-11H2,1-2H3. The van der Waals surface area contributed by atoms with Crippen molar-refractivity contribution >= 4 is 15.9 Å². The van der Waals surface area contributed by atoms with E-state index in [0.29, 0.717) is 0 Å². The first kappa shape index (κ1) is 14.8. The van der Waals surface area contributed by atoms with Gasteiger partial charge in [-0.25, -0.2) is 0 Å². The molecule has 1 saturated carbocycles. The molecule has 0 aromatic heterocycles. The van der Waals surface area contributed by atoms with E-state index in [1.165, 1.54) is 18.4 Å². The summed E-state index contributed by atoms with van der Waals surface area (Å²) in [5.74, 6) is 1.78. The van der Waals surface area contributed by atoms with Crippen LogP contribution in [0.1, 0.15) is 18.4 Å². The molecule has 0 amide bonds. The largest absolute Gasteiger partial charge is 0.496 e. The Labute approximate surface area is 124 Å². The molecular formula is C15H22BrNO2. The third-order valence-corrected chi connectivity index (χ3v) is 3.84. The van der Waals surface area contributed by atoms with E-state index in [1.54, 1.807) is 7.11 Å². The highest BCUT2D eigenvalue weighted by molar-refractivity contribution is 9.10. The van der Waals surface area contributed by atoms with E-state index in [1.807, 2.05) is 12.1 Å². The molecule has 1 aromatic carbocycles. The fourth-order valence-electron chi connectivity index (χ4n) is 2.00. The first-order chi connectivity index (χ1) is 9.19. The number of ether oxygens (including phenoxy) is 2. The zero-order valence-electron chi connectivity index (χ0n) is 11.7. The molecule has 1 fully saturated rings. The van der Waals surface area contributed by atoms with Crippen LogP contribution in [0.2, 0.25) is 0 Å². The van der Waals surface area contributed by atoms with Crippen molar-refractivity contribution in [2.75, 3.05) is 33.9 Å². The minimum Gasteiger partial charge on any atom is -0.496 e. The van der Waals surface area contributed by atoms with Crippen LogP contribution in [0.25, 0.3) is 0 Å². The Morgan fingerprint density at radius 3 is 2.84 bits per heavy atom. The summed E-state index contributed by atoms with van der Waals surface area (Å²) < 4.78 is 12.1. The number of hydrogen-bond acceptors (Lipinski definition) is 3. The Hall–Kier alpha value is -0.580. The van der Waals surface area contributed by atoms with Gasteiger partial charge >= 0.3 is 0 Å². The number of methoxy groups -OCH3 is 1. The van der Waals surface area contributed by atoms with Gasteiger partial charge in [-0.15, -0.1) is 0 Å². The third kappa shape index (κ3) is 5.13. The topological polar surface area (TPSA) is 21.7 Å². The molecule has 0 saturated heterocycles. The zero-order chi connectivity index (χ0) is 13.7. The first-order valence-corrected chi connectivity index (χ1v) is 7.57. The molecule has 2 rings (SSSR count). The van der Waals surface area contributed by atoms with Gasteiger partial charge in [0.2, 0.25) is 0 Å². The second-order valence-electron chi connectivity index (χ2n) is 5.21. The van der Waals surface area contributed by atoms with Crippen LogP contribution < -0.4 is 4.74 Å². The van der Waals surface area contributed by atoms with E-state index in [9.17, 15) is 0 Å². The molecule has 1 aromatic rings. The molecule has 1 aliphatic rings. The Kier molecular flexibility index (Phi) is 5.67. The van der Waals surface area contributed by atoms with Crippen LogP contribution in [-0.2, 0) is 11.3 Å². The second-order valence-corrected chi connectivity index (χ2v) is 6.13. The summed E-state index contributed by atoms with van der Waals surface area (Å²) in [5, 5.41) is 0. The van der Waals surface area contributed by atoms with Crippen LogP contribution in [0.5, 0.6) is 5.75 Å². The van der Waals surface area contributed by atoms with Crippen LogP contribution in [-0.4, -0.2) is 38.8 Å². The van der Waals surface area contributed by atoms with Crippen LogP contribution in [0.15, 0.2) is 22.7 Å². The van der Waals surface area contributed by atoms with E-state index in [0.717, 1.165) is 42.4 Å². The number of rotatable bonds is 8. The summed E-state index contributed by atoms with van der Waals surface area (Å²) in [5.41, 5.74) is 1.20. The average molecular weight is 328 g/mol. The summed E-state index contributed by atoms with van der Waals surface area (Å²) >= 11 is 3.50. The van der Waals surface area contributed by atoms with Crippen molar-refractivity contribution in [3.8, 4) is 5.75 Å². The summed E-state index contributed by atoms with van der Waals surface area (Å²) in [6.07, 6.45) is 2.70. The van der Waals surface area contributed by atoms with Crippen LogP contribution >= 0.6 is 15.9 Å². The summed E-state index contributed by atoms with van der Waals surface area (Å²) in [6, 6.07) is 6.11. The summed E-state index contributed by atoms with van der Waals surface area (Å²) in [4.78, 5) is 2.26. The fourth-order valence-corrected chi connectivity index (χ4v) is 2.40. The molecule has 0 bridgehead atoms. The molecule has 0 heterocycles. The van der Waals surface area contributed by atoms with Crippen molar-refractivity contribution in [2.45, 2.75) is 19.4 Å². The molecule has 19 heavy (non-hydrogen) atoms. The molecule has 0 aliphatic heterocycles. The van der Waals surface area contributed by atoms with Crippen molar-refractivity contribution in [1.29, 1.82) is 0 Å². The van der Waals surface area contributed by atoms with E-state index in [-0.39, 0.29) is 0 Å². The summed E-state index contributed by atoms with van der Waals surface area (Å²) in [6.45, 7) is 3.56. The molecule has 4 heteroatoms. The van der Waals surface area contributed by atoms with E-state index in [4.69, 9.17) is 9.47 Å². The van der Waals surface area contributed by atoms with Crippen LogP contribution in [0, 0.1) is 5.92 Å². The van der Waals surface area contributed by atoms with Gasteiger partial charge in [0.05, 0.1) is 13.7 Å². The highest BCUT2D eigenvalue weighted by Crippen LogP contribution is 2.28. The second kappa shape index (κ2) is 7.27. The van der Waals surface area contributed by atoms with Crippen molar-refractivity contribution in [3.05, 3.63) is 28.2 Å². The number of hydrogen-bond donors (Lipinski definition) is 0. The number of benzene rings is 1. The predicted molar refractivity (Wildman–Crippen MR) is 80.6 cm³/mol. The van der Waals surface area contributed by atoms with Crippen molar-refractivity contribution in [1.82, 2.24) is 4.90 Å². The number of halogens is 1. The minimum atomic E-state index is 0.809. The lowest BCUT2D eigenvalue weighted by Crippen LogP contribution is -2.23. The molecule has 0 spiro atoms. The molecule has 1 aliphatic carbocycles. The smallest absolute Gasteiger partial charge is 0.123 e. The Morgan fingerprint density at radius 1 is 1.37 bits per heavy atom. The Balaban J connectivity index is 1.76. The van der Waals surface area contributed by atoms with Gasteiger partial charge in [-0.05, 0) is 44.0 Å². The quantitative estimate of drug-likeness (QED) is 0.684. The lowest BCUT2D eigenvalue weighted by Gasteiger charge is -2.18. The molecule has 0 unspecified atom stereocenters. The van der Waals surface area contributed by atoms with E-state index in [2.05, 4.69) is 33.9 Å². The number of likely N-dealkylation sites (N-methyl/N-ethyl adjacent to an activating group) is 1. The van der Waals surface area contributed by atoms with Gasteiger partial charge in [0.25, 0.3) is 0 Å². The van der Waals surface area contributed by atoms with Crippen molar-refractivity contribution in [2.24, 2.45) is 5.92 Å². The molecule has 0 atom stereocenters. The van der Waals surface area contributed by atoms with E-state index < -0.39 is 0 Å². The maximum absolute atomic E-state index is 5.66. The maximum Gasteiger partial charge on any atom is 0.123 e. The lowest BCUT2D eigenvalue weighted by molar-refractivity contribution is 0.102. The van der Waals surface area contributed by atoms with Gasteiger partial charge in [-0.1, -0.05) is 15.9 Å². The van der Waals surface area contributed by atoms with Gasteiger partial charge in [0.1, 0.15) is 5.75 Å². The molecule has 0 N–H and O–H groups in total. The van der Waals surface area contributed by atoms with E-state index >= 15 is 0 Å². The predicted octanol–water partition coefficient (Wildman–Crippen LogP) is 3.32. The van der Waals surface area contributed by atoms with Crippen molar-refractivity contribution in [3.63, 3.8) is 0 Å². The van der Waals surface area contributed by atoms with Gasteiger partial charge < -0.3 is 9.47 Å². The average Bonchev–Trinajstić information content (AvgIpc) is 3.19. The van der Waals surface area contributed by atoms with Crippen LogP contribution in [0.3, 0.4) is 0 Å². The van der Waals surface area contributed by atoms with Crippen molar-refractivity contribution < 1.29 is 9.47 Å². The Bertz CT molecular complexity index is 407. The van der Waals surface area contributed by atoms with Crippen LogP contribution in [0.4, 0.5) is 0 Å². The molecular weight excluding hydrogens is 306 g/mol. The monoisotopic (exact) mass is 327 g/mol. The fraction of sp³-hybridized carbons (Fsp3) is 0.600. The highest BCUT2D eigenvalue weighted by atomic mass is 79.9. The highest BCUT2D eigenvalue weighted by Gasteiger charge is 2.20. The first-order valence-electron chi connectivity index (χ1n) is 6.77. The SMILES string of the molecule is COc1ccc(Br)cc1CN(C)CCOCC1CC1. The van der Waals surface area contributed by atoms with Gasteiger partial charge in [-0.3, -0.25) is 4.90 Å². The number of nitrogens with zero attached hydrogens (tertiary/aromatic N) is 1. The molecule has 0 radical (unpaired) electrons. The van der Waals surface area contributed by atoms with Gasteiger partial charge in [0, 0.05) is 29.7 Å². The Morgan fingerprint density at radius 2 is 2.16 bits per heavy atom. The third-order valence-electron chi connectivity index (χ3n) is 3.35. The normalized spacial score (nSPS) is 14.9. The molecule has 106 valence electrons. The van der Waals surface area contributed by atoms with Gasteiger partial charge in [-0.2, -0.15) is 0 Å². The minimum absolute atomic E-state index is 0.809. The molecule has 3 nitrogen and oxygen atoms in total. The van der Waals surface area contributed by atoms with Gasteiger partial charge in [0.15, 0.2) is 0 Å². The maximum atomic E-state index is 5.66. The lowest BCUT2D eigenvalue weighted by atomic mass is 10.2.